The summed E-state index contributed by atoms with van der Waals surface area (Å²) >= 11 is 0. The number of hydrogen-bond acceptors (Lipinski definition) is 5. The number of nitrogens with zero attached hydrogens (tertiary/aromatic N) is 4. The van der Waals surface area contributed by atoms with Gasteiger partial charge in [-0.05, 0) is 37.9 Å². The summed E-state index contributed by atoms with van der Waals surface area (Å²) in [7, 11) is 1.93. The van der Waals surface area contributed by atoms with Gasteiger partial charge < -0.3 is 10.6 Å². The summed E-state index contributed by atoms with van der Waals surface area (Å²) in [6, 6.07) is 4.56. The lowest BCUT2D eigenvalue weighted by Gasteiger charge is -2.28. The van der Waals surface area contributed by atoms with E-state index in [0.717, 1.165) is 24.5 Å². The van der Waals surface area contributed by atoms with E-state index >= 15 is 0 Å². The van der Waals surface area contributed by atoms with E-state index in [9.17, 15) is 0 Å². The van der Waals surface area contributed by atoms with Crippen LogP contribution in [0.3, 0.4) is 0 Å². The maximum atomic E-state index is 4.64. The van der Waals surface area contributed by atoms with Gasteiger partial charge in [-0.2, -0.15) is 5.10 Å². The summed E-state index contributed by atoms with van der Waals surface area (Å²) in [6.07, 6.45) is 8.79. The predicted octanol–water partition coefficient (Wildman–Crippen LogP) is 1.82. The lowest BCUT2D eigenvalue weighted by Crippen LogP contribution is -2.37. The Bertz CT molecular complexity index is 654. The van der Waals surface area contributed by atoms with Crippen molar-refractivity contribution in [2.45, 2.75) is 31.7 Å². The number of fused-ring (bicyclic) bond motifs is 1. The molecule has 2 atom stereocenters. The van der Waals surface area contributed by atoms with Crippen molar-refractivity contribution in [1.82, 2.24) is 25.1 Å². The van der Waals surface area contributed by atoms with Crippen molar-refractivity contribution >= 4 is 5.95 Å². The SMILES string of the molecule is Cn1nccc1-c1ccnc(NCC23CCCC2NCC3)n1. The second-order valence-electron chi connectivity index (χ2n) is 6.47. The van der Waals surface area contributed by atoms with E-state index < -0.39 is 0 Å². The quantitative estimate of drug-likeness (QED) is 0.901. The minimum absolute atomic E-state index is 0.395. The monoisotopic (exact) mass is 298 g/mol. The van der Waals surface area contributed by atoms with E-state index in [1.165, 1.54) is 25.7 Å². The highest BCUT2D eigenvalue weighted by molar-refractivity contribution is 5.55. The molecule has 1 saturated carbocycles. The van der Waals surface area contributed by atoms with Gasteiger partial charge in [0.05, 0.1) is 11.4 Å². The van der Waals surface area contributed by atoms with E-state index in [1.54, 1.807) is 6.20 Å². The van der Waals surface area contributed by atoms with Crippen LogP contribution in [0.25, 0.3) is 11.4 Å². The van der Waals surface area contributed by atoms with Gasteiger partial charge in [0.25, 0.3) is 0 Å². The molecule has 2 fully saturated rings. The fraction of sp³-hybridized carbons (Fsp3) is 0.562. The van der Waals surface area contributed by atoms with Crippen LogP contribution in [-0.4, -0.2) is 38.9 Å². The molecule has 6 nitrogen and oxygen atoms in total. The molecule has 116 valence electrons. The van der Waals surface area contributed by atoms with Crippen LogP contribution in [0.5, 0.6) is 0 Å². The Kier molecular flexibility index (Phi) is 3.33. The molecule has 22 heavy (non-hydrogen) atoms. The zero-order valence-electron chi connectivity index (χ0n) is 12.9. The molecule has 2 N–H and O–H groups in total. The first-order valence-corrected chi connectivity index (χ1v) is 8.06. The number of aromatic nitrogens is 4. The van der Waals surface area contributed by atoms with E-state index in [4.69, 9.17) is 0 Å². The normalized spacial score (nSPS) is 27.0. The fourth-order valence-electron chi connectivity index (χ4n) is 4.02. The molecule has 2 unspecified atom stereocenters. The average molecular weight is 298 g/mol. The summed E-state index contributed by atoms with van der Waals surface area (Å²) in [5, 5.41) is 11.3. The van der Waals surface area contributed by atoms with E-state index in [2.05, 4.69) is 25.7 Å². The van der Waals surface area contributed by atoms with Gasteiger partial charge in [0.2, 0.25) is 5.95 Å². The Hall–Kier alpha value is -1.95. The molecule has 1 aliphatic heterocycles. The topological polar surface area (TPSA) is 67.7 Å². The largest absolute Gasteiger partial charge is 0.354 e. The van der Waals surface area contributed by atoms with Crippen molar-refractivity contribution in [2.75, 3.05) is 18.4 Å². The van der Waals surface area contributed by atoms with Crippen LogP contribution in [0, 0.1) is 5.41 Å². The average Bonchev–Trinajstić information content (AvgIpc) is 3.20. The highest BCUT2D eigenvalue weighted by Crippen LogP contribution is 2.44. The number of anilines is 1. The molecule has 2 aromatic rings. The molecule has 0 bridgehead atoms. The molecule has 1 aliphatic carbocycles. The smallest absolute Gasteiger partial charge is 0.223 e. The van der Waals surface area contributed by atoms with Crippen molar-refractivity contribution in [1.29, 1.82) is 0 Å². The van der Waals surface area contributed by atoms with Gasteiger partial charge in [-0.1, -0.05) is 6.42 Å². The number of aryl methyl sites for hydroxylation is 1. The molecule has 3 heterocycles. The lowest BCUT2D eigenvalue weighted by atomic mass is 9.82. The first-order chi connectivity index (χ1) is 10.8. The highest BCUT2D eigenvalue weighted by atomic mass is 15.3. The zero-order valence-corrected chi connectivity index (χ0v) is 12.9. The van der Waals surface area contributed by atoms with Crippen molar-refractivity contribution in [3.63, 3.8) is 0 Å². The summed E-state index contributed by atoms with van der Waals surface area (Å²) in [6.45, 7) is 2.10. The van der Waals surface area contributed by atoms with Crippen LogP contribution >= 0.6 is 0 Å². The van der Waals surface area contributed by atoms with Gasteiger partial charge in [-0.3, -0.25) is 4.68 Å². The molecule has 6 heteroatoms. The van der Waals surface area contributed by atoms with Crippen molar-refractivity contribution in [2.24, 2.45) is 12.5 Å². The van der Waals surface area contributed by atoms with Gasteiger partial charge in [0, 0.05) is 37.4 Å². The van der Waals surface area contributed by atoms with E-state index in [1.807, 2.05) is 30.1 Å². The van der Waals surface area contributed by atoms with Gasteiger partial charge in [0.1, 0.15) is 0 Å². The van der Waals surface area contributed by atoms with Gasteiger partial charge in [-0.25, -0.2) is 9.97 Å². The Morgan fingerprint density at radius 3 is 3.18 bits per heavy atom. The molecular formula is C16H22N6. The molecule has 2 aliphatic rings. The summed E-state index contributed by atoms with van der Waals surface area (Å²) in [5.74, 6) is 0.714. The van der Waals surface area contributed by atoms with Crippen LogP contribution in [-0.2, 0) is 7.05 Å². The second-order valence-corrected chi connectivity index (χ2v) is 6.47. The summed E-state index contributed by atoms with van der Waals surface area (Å²) < 4.78 is 1.83. The Morgan fingerprint density at radius 2 is 2.32 bits per heavy atom. The number of hydrogen-bond donors (Lipinski definition) is 2. The third-order valence-corrected chi connectivity index (χ3v) is 5.26. The molecule has 4 rings (SSSR count). The van der Waals surface area contributed by atoms with Crippen LogP contribution in [0.1, 0.15) is 25.7 Å². The molecule has 0 spiro atoms. The predicted molar refractivity (Wildman–Crippen MR) is 85.4 cm³/mol. The van der Waals surface area contributed by atoms with Crippen LogP contribution in [0.4, 0.5) is 5.95 Å². The minimum Gasteiger partial charge on any atom is -0.354 e. The first-order valence-electron chi connectivity index (χ1n) is 8.06. The maximum Gasteiger partial charge on any atom is 0.223 e. The third kappa shape index (κ3) is 2.27. The lowest BCUT2D eigenvalue weighted by molar-refractivity contribution is 0.307. The summed E-state index contributed by atoms with van der Waals surface area (Å²) in [4.78, 5) is 9.02. The van der Waals surface area contributed by atoms with Gasteiger partial charge in [0.15, 0.2) is 0 Å². The molecule has 2 aromatic heterocycles. The Morgan fingerprint density at radius 1 is 1.36 bits per heavy atom. The van der Waals surface area contributed by atoms with Crippen LogP contribution < -0.4 is 10.6 Å². The molecule has 0 amide bonds. The zero-order chi connectivity index (χ0) is 15.0. The van der Waals surface area contributed by atoms with Crippen molar-refractivity contribution < 1.29 is 0 Å². The number of rotatable bonds is 4. The van der Waals surface area contributed by atoms with Crippen molar-refractivity contribution in [3.05, 3.63) is 24.5 Å². The van der Waals surface area contributed by atoms with E-state index in [0.29, 0.717) is 17.4 Å². The molecule has 1 saturated heterocycles. The fourth-order valence-corrected chi connectivity index (χ4v) is 4.02. The summed E-state index contributed by atoms with van der Waals surface area (Å²) in [5.41, 5.74) is 2.30. The molecule has 0 radical (unpaired) electrons. The van der Waals surface area contributed by atoms with Crippen molar-refractivity contribution in [3.8, 4) is 11.4 Å². The minimum atomic E-state index is 0.395. The van der Waals surface area contributed by atoms with Crippen LogP contribution in [0.2, 0.25) is 0 Å². The first kappa shape index (κ1) is 13.7. The van der Waals surface area contributed by atoms with Crippen LogP contribution in [0.15, 0.2) is 24.5 Å². The molecule has 0 aromatic carbocycles. The van der Waals surface area contributed by atoms with Gasteiger partial charge in [-0.15, -0.1) is 0 Å². The number of nitrogens with one attached hydrogen (secondary N) is 2. The van der Waals surface area contributed by atoms with Gasteiger partial charge >= 0.3 is 0 Å². The molecular weight excluding hydrogens is 276 g/mol. The Labute approximate surface area is 130 Å². The standard InChI is InChI=1S/C16H22N6/c1-22-13(5-9-20-22)12-4-8-18-15(21-12)19-11-16-6-2-3-14(16)17-10-7-16/h4-5,8-9,14,17H,2-3,6-7,10-11H2,1H3,(H,18,19,21). The van der Waals surface area contributed by atoms with E-state index in [-0.39, 0.29) is 0 Å². The second kappa shape index (κ2) is 5.35. The third-order valence-electron chi connectivity index (χ3n) is 5.26. The maximum absolute atomic E-state index is 4.64. The highest BCUT2D eigenvalue weighted by Gasteiger charge is 2.45. The Balaban J connectivity index is 1.51.